The highest BCUT2D eigenvalue weighted by molar-refractivity contribution is 5.54. The Labute approximate surface area is 224 Å². The van der Waals surface area contributed by atoms with Gasteiger partial charge in [0.1, 0.15) is 0 Å². The summed E-state index contributed by atoms with van der Waals surface area (Å²) in [7, 11) is 8.21. The Balaban J connectivity index is 1.46. The van der Waals surface area contributed by atoms with Crippen LogP contribution in [0.4, 0.5) is 0 Å². The van der Waals surface area contributed by atoms with E-state index in [2.05, 4.69) is 23.1 Å². The van der Waals surface area contributed by atoms with Gasteiger partial charge in [0, 0.05) is 13.1 Å². The summed E-state index contributed by atoms with van der Waals surface area (Å²) in [6.45, 7) is 2.88. The van der Waals surface area contributed by atoms with Crippen LogP contribution in [-0.2, 0) is 19.4 Å². The Morgan fingerprint density at radius 1 is 0.605 bits per heavy atom. The highest BCUT2D eigenvalue weighted by Crippen LogP contribution is 2.38. The summed E-state index contributed by atoms with van der Waals surface area (Å²) in [6, 6.07) is 16.3. The Morgan fingerprint density at radius 3 is 1.95 bits per heavy atom. The molecule has 8 heteroatoms. The summed E-state index contributed by atoms with van der Waals surface area (Å²) in [5.74, 6) is 5.04. The van der Waals surface area contributed by atoms with Crippen molar-refractivity contribution in [2.24, 2.45) is 0 Å². The molecule has 0 saturated heterocycles. The number of rotatable bonds is 14. The molecule has 0 atom stereocenters. The van der Waals surface area contributed by atoms with Gasteiger partial charge in [0.2, 0.25) is 12.5 Å². The first-order valence-electron chi connectivity index (χ1n) is 12.7. The molecule has 0 saturated carbocycles. The molecular weight excluding hydrogens is 486 g/mol. The lowest BCUT2D eigenvalue weighted by atomic mass is 10.1. The predicted molar refractivity (Wildman–Crippen MR) is 146 cm³/mol. The molecule has 1 aliphatic heterocycles. The highest BCUT2D eigenvalue weighted by atomic mass is 16.7. The Bertz CT molecular complexity index is 1190. The fraction of sp³-hybridized carbons (Fsp3) is 0.400. The van der Waals surface area contributed by atoms with Crippen molar-refractivity contribution >= 4 is 0 Å². The zero-order valence-corrected chi connectivity index (χ0v) is 22.9. The summed E-state index contributed by atoms with van der Waals surface area (Å²) in [5.41, 5.74) is 3.53. The number of benzene rings is 3. The smallest absolute Gasteiger partial charge is 0.231 e. The van der Waals surface area contributed by atoms with E-state index in [4.69, 9.17) is 33.2 Å². The van der Waals surface area contributed by atoms with Crippen molar-refractivity contribution in [3.05, 3.63) is 65.2 Å². The Kier molecular flexibility index (Phi) is 9.43. The molecule has 0 amide bonds. The van der Waals surface area contributed by atoms with Crippen LogP contribution in [0.25, 0.3) is 0 Å². The van der Waals surface area contributed by atoms with E-state index < -0.39 is 0 Å². The standard InChI is InChI=1S/C30H37NO7/c1-32-24-10-8-21(15-26(24)33-2)12-14-31(19-23-9-11-25-27(18-23)38-20-37-25)13-6-7-22-16-28(34-3)30(36-5)29(17-22)35-4/h8-11,15-18H,6-7,12-14,19-20H2,1-5H3. The second-order valence-electron chi connectivity index (χ2n) is 9.04. The first kappa shape index (κ1) is 27.3. The first-order valence-corrected chi connectivity index (χ1v) is 12.7. The maximum atomic E-state index is 5.60. The zero-order chi connectivity index (χ0) is 26.9. The van der Waals surface area contributed by atoms with Gasteiger partial charge in [-0.25, -0.2) is 0 Å². The largest absolute Gasteiger partial charge is 0.493 e. The van der Waals surface area contributed by atoms with Crippen LogP contribution in [0.2, 0.25) is 0 Å². The van der Waals surface area contributed by atoms with Gasteiger partial charge in [0.25, 0.3) is 0 Å². The van der Waals surface area contributed by atoms with Crippen molar-refractivity contribution in [3.8, 4) is 40.2 Å². The minimum atomic E-state index is 0.274. The SMILES string of the molecule is COc1ccc(CCN(CCCc2cc(OC)c(OC)c(OC)c2)Cc2ccc3c(c2)OCO3)cc1OC. The van der Waals surface area contributed by atoms with Crippen molar-refractivity contribution in [1.29, 1.82) is 0 Å². The number of hydrogen-bond donors (Lipinski definition) is 0. The summed E-state index contributed by atoms with van der Waals surface area (Å²) < 4.78 is 38.5. The van der Waals surface area contributed by atoms with E-state index in [1.807, 2.05) is 30.3 Å². The van der Waals surface area contributed by atoms with E-state index in [9.17, 15) is 0 Å². The lowest BCUT2D eigenvalue weighted by Crippen LogP contribution is -2.27. The average Bonchev–Trinajstić information content (AvgIpc) is 3.43. The molecule has 38 heavy (non-hydrogen) atoms. The van der Waals surface area contributed by atoms with Crippen LogP contribution in [0.15, 0.2) is 48.5 Å². The molecule has 3 aromatic rings. The summed E-state index contributed by atoms with van der Waals surface area (Å²) in [4.78, 5) is 2.46. The molecular formula is C30H37NO7. The third-order valence-corrected chi connectivity index (χ3v) is 6.67. The monoisotopic (exact) mass is 523 g/mol. The van der Waals surface area contributed by atoms with E-state index in [0.717, 1.165) is 67.5 Å². The molecule has 204 valence electrons. The molecule has 3 aromatic carbocycles. The van der Waals surface area contributed by atoms with Gasteiger partial charge in [-0.05, 0) is 78.9 Å². The van der Waals surface area contributed by atoms with Gasteiger partial charge in [-0.3, -0.25) is 4.90 Å². The molecule has 0 spiro atoms. The molecule has 8 nitrogen and oxygen atoms in total. The van der Waals surface area contributed by atoms with Crippen LogP contribution < -0.4 is 33.2 Å². The summed E-state index contributed by atoms with van der Waals surface area (Å²) >= 11 is 0. The summed E-state index contributed by atoms with van der Waals surface area (Å²) in [5, 5.41) is 0. The number of ether oxygens (including phenoxy) is 7. The Morgan fingerprint density at radius 2 is 1.26 bits per heavy atom. The molecule has 0 aromatic heterocycles. The van der Waals surface area contributed by atoms with E-state index in [-0.39, 0.29) is 6.79 Å². The molecule has 1 heterocycles. The molecule has 0 fully saturated rings. The Hall–Kier alpha value is -3.78. The van der Waals surface area contributed by atoms with Crippen LogP contribution in [-0.4, -0.2) is 60.3 Å². The second kappa shape index (κ2) is 13.1. The van der Waals surface area contributed by atoms with E-state index in [1.54, 1.807) is 35.5 Å². The van der Waals surface area contributed by atoms with Crippen molar-refractivity contribution in [3.63, 3.8) is 0 Å². The predicted octanol–water partition coefficient (Wildman–Crippen LogP) is 5.14. The van der Waals surface area contributed by atoms with Crippen LogP contribution in [0.5, 0.6) is 40.2 Å². The van der Waals surface area contributed by atoms with Crippen molar-refractivity contribution < 1.29 is 33.2 Å². The van der Waals surface area contributed by atoms with Crippen LogP contribution in [0.3, 0.4) is 0 Å². The normalized spacial score (nSPS) is 11.9. The molecule has 0 unspecified atom stereocenters. The van der Waals surface area contributed by atoms with Crippen molar-refractivity contribution in [2.45, 2.75) is 25.8 Å². The van der Waals surface area contributed by atoms with E-state index >= 15 is 0 Å². The van der Waals surface area contributed by atoms with E-state index in [0.29, 0.717) is 17.2 Å². The second-order valence-corrected chi connectivity index (χ2v) is 9.04. The molecule has 0 radical (unpaired) electrons. The third-order valence-electron chi connectivity index (χ3n) is 6.67. The summed E-state index contributed by atoms with van der Waals surface area (Å²) in [6.07, 6.45) is 2.73. The van der Waals surface area contributed by atoms with Crippen molar-refractivity contribution in [1.82, 2.24) is 4.90 Å². The van der Waals surface area contributed by atoms with Crippen LogP contribution in [0, 0.1) is 0 Å². The molecule has 1 aliphatic rings. The van der Waals surface area contributed by atoms with Crippen molar-refractivity contribution in [2.75, 3.05) is 55.4 Å². The zero-order valence-electron chi connectivity index (χ0n) is 22.9. The van der Waals surface area contributed by atoms with Gasteiger partial charge >= 0.3 is 0 Å². The third kappa shape index (κ3) is 6.55. The number of methoxy groups -OCH3 is 5. The minimum absolute atomic E-state index is 0.274. The van der Waals surface area contributed by atoms with Gasteiger partial charge in [0.05, 0.1) is 35.5 Å². The highest BCUT2D eigenvalue weighted by Gasteiger charge is 2.16. The van der Waals surface area contributed by atoms with Crippen LogP contribution >= 0.6 is 0 Å². The van der Waals surface area contributed by atoms with Crippen LogP contribution in [0.1, 0.15) is 23.1 Å². The quantitative estimate of drug-likeness (QED) is 0.288. The average molecular weight is 524 g/mol. The molecule has 0 aliphatic carbocycles. The fourth-order valence-corrected chi connectivity index (χ4v) is 4.68. The van der Waals surface area contributed by atoms with Gasteiger partial charge in [-0.1, -0.05) is 12.1 Å². The fourth-order valence-electron chi connectivity index (χ4n) is 4.68. The molecule has 0 bridgehead atoms. The number of nitrogens with zero attached hydrogens (tertiary/aromatic N) is 1. The van der Waals surface area contributed by atoms with Gasteiger partial charge < -0.3 is 33.2 Å². The number of hydrogen-bond acceptors (Lipinski definition) is 8. The van der Waals surface area contributed by atoms with E-state index in [1.165, 1.54) is 11.1 Å². The topological polar surface area (TPSA) is 67.9 Å². The maximum absolute atomic E-state index is 5.60. The first-order chi connectivity index (χ1) is 18.6. The van der Waals surface area contributed by atoms with Gasteiger partial charge in [-0.15, -0.1) is 0 Å². The van der Waals surface area contributed by atoms with Gasteiger partial charge in [-0.2, -0.15) is 0 Å². The van der Waals surface area contributed by atoms with Gasteiger partial charge in [0.15, 0.2) is 34.5 Å². The molecule has 4 rings (SSSR count). The minimum Gasteiger partial charge on any atom is -0.493 e. The number of fused-ring (bicyclic) bond motifs is 1. The number of aryl methyl sites for hydroxylation is 1. The molecule has 0 N–H and O–H groups in total. The maximum Gasteiger partial charge on any atom is 0.231 e. The lowest BCUT2D eigenvalue weighted by Gasteiger charge is -2.23. The lowest BCUT2D eigenvalue weighted by molar-refractivity contribution is 0.174.